The number of rotatable bonds is 8. The van der Waals surface area contributed by atoms with E-state index in [2.05, 4.69) is 41.2 Å². The molecule has 1 saturated carbocycles. The van der Waals surface area contributed by atoms with E-state index in [1.807, 2.05) is 42.5 Å². The molecule has 0 spiro atoms. The van der Waals surface area contributed by atoms with Crippen LogP contribution in [0.1, 0.15) is 48.5 Å². The summed E-state index contributed by atoms with van der Waals surface area (Å²) in [5.41, 5.74) is 4.82. The van der Waals surface area contributed by atoms with Gasteiger partial charge in [0.25, 0.3) is 5.91 Å². The Hall–Kier alpha value is -2.99. The lowest BCUT2D eigenvalue weighted by Gasteiger charge is -2.14. The van der Waals surface area contributed by atoms with Crippen LogP contribution in [-0.4, -0.2) is 40.1 Å². The number of aryl methyl sites for hydroxylation is 1. The third-order valence-electron chi connectivity index (χ3n) is 5.58. The predicted molar refractivity (Wildman–Crippen MR) is 117 cm³/mol. The summed E-state index contributed by atoms with van der Waals surface area (Å²) in [4.78, 5) is 14.6. The molecule has 1 heterocycles. The van der Waals surface area contributed by atoms with Gasteiger partial charge in [-0.05, 0) is 73.8 Å². The maximum absolute atomic E-state index is 12.4. The normalized spacial score (nSPS) is 13.6. The number of amides is 1. The molecule has 0 saturated heterocycles. The molecule has 30 heavy (non-hydrogen) atoms. The molecule has 6 heteroatoms. The molecule has 3 aromatic rings. The van der Waals surface area contributed by atoms with Crippen molar-refractivity contribution < 1.29 is 9.21 Å². The van der Waals surface area contributed by atoms with Crippen molar-refractivity contribution in [1.82, 2.24) is 20.4 Å². The topological polar surface area (TPSA) is 71.3 Å². The Labute approximate surface area is 177 Å². The Bertz CT molecular complexity index is 1020. The highest BCUT2D eigenvalue weighted by Crippen LogP contribution is 2.28. The van der Waals surface area contributed by atoms with Crippen molar-refractivity contribution in [1.29, 1.82) is 0 Å². The number of nitrogens with one attached hydrogen (secondary N) is 1. The van der Waals surface area contributed by atoms with Crippen LogP contribution in [0.5, 0.6) is 0 Å². The van der Waals surface area contributed by atoms with E-state index in [1.54, 1.807) is 0 Å². The Morgan fingerprint density at radius 3 is 2.43 bits per heavy atom. The third kappa shape index (κ3) is 4.60. The molecule has 1 aromatic heterocycles. The monoisotopic (exact) mass is 404 g/mol. The van der Waals surface area contributed by atoms with Gasteiger partial charge in [-0.1, -0.05) is 32.0 Å². The largest absolute Gasteiger partial charge is 0.419 e. The molecule has 0 radical (unpaired) electrons. The first-order valence-electron chi connectivity index (χ1n) is 10.6. The molecule has 0 bridgehead atoms. The molecule has 4 rings (SSSR count). The lowest BCUT2D eigenvalue weighted by Crippen LogP contribution is -2.25. The van der Waals surface area contributed by atoms with Crippen LogP contribution in [0.3, 0.4) is 0 Å². The number of carbonyl (C=O) groups excluding carboxylic acids is 1. The molecule has 156 valence electrons. The zero-order valence-corrected chi connectivity index (χ0v) is 17.8. The summed E-state index contributed by atoms with van der Waals surface area (Å²) in [6.45, 7) is 8.84. The number of carbonyl (C=O) groups is 1. The van der Waals surface area contributed by atoms with E-state index >= 15 is 0 Å². The Kier molecular flexibility index (Phi) is 5.95. The van der Waals surface area contributed by atoms with E-state index in [9.17, 15) is 4.79 Å². The van der Waals surface area contributed by atoms with Gasteiger partial charge in [0.15, 0.2) is 0 Å². The van der Waals surface area contributed by atoms with Crippen molar-refractivity contribution in [3.8, 4) is 22.6 Å². The lowest BCUT2D eigenvalue weighted by atomic mass is 9.97. The van der Waals surface area contributed by atoms with Gasteiger partial charge in [-0.25, -0.2) is 0 Å². The van der Waals surface area contributed by atoms with Crippen molar-refractivity contribution >= 4 is 5.91 Å². The average Bonchev–Trinajstić information content (AvgIpc) is 3.46. The van der Waals surface area contributed by atoms with Gasteiger partial charge < -0.3 is 9.73 Å². The molecule has 1 amide bonds. The second-order valence-corrected chi connectivity index (χ2v) is 7.82. The predicted octanol–water partition coefficient (Wildman–Crippen LogP) is 4.45. The fraction of sp³-hybridized carbons (Fsp3) is 0.375. The molecule has 1 aliphatic carbocycles. The van der Waals surface area contributed by atoms with E-state index in [-0.39, 0.29) is 5.91 Å². The lowest BCUT2D eigenvalue weighted by molar-refractivity contribution is 0.0951. The summed E-state index contributed by atoms with van der Waals surface area (Å²) in [7, 11) is 0. The smallest absolute Gasteiger partial charge is 0.251 e. The van der Waals surface area contributed by atoms with E-state index in [4.69, 9.17) is 4.42 Å². The van der Waals surface area contributed by atoms with Crippen LogP contribution >= 0.6 is 0 Å². The van der Waals surface area contributed by atoms with Gasteiger partial charge in [0.05, 0.1) is 6.54 Å². The Morgan fingerprint density at radius 1 is 1.07 bits per heavy atom. The number of aromatic nitrogens is 2. The summed E-state index contributed by atoms with van der Waals surface area (Å²) in [5, 5.41) is 11.4. The molecule has 0 aliphatic heterocycles. The molecule has 6 nitrogen and oxygen atoms in total. The first kappa shape index (κ1) is 20.3. The molecule has 1 aliphatic rings. The quantitative estimate of drug-likeness (QED) is 0.601. The highest BCUT2D eigenvalue weighted by Gasteiger charge is 2.24. The summed E-state index contributed by atoms with van der Waals surface area (Å²) >= 11 is 0. The number of hydrogen-bond donors (Lipinski definition) is 1. The van der Waals surface area contributed by atoms with E-state index in [1.165, 1.54) is 0 Å². The SMILES string of the molecule is CCN(CC)Cc1nnc(-c2ccc(-c3cc(C(=O)NC4CC4)ccc3C)cc2)o1. The zero-order chi connectivity index (χ0) is 21.1. The van der Waals surface area contributed by atoms with Crippen LogP contribution in [0.4, 0.5) is 0 Å². The fourth-order valence-electron chi connectivity index (χ4n) is 3.44. The van der Waals surface area contributed by atoms with Gasteiger partial charge in [0.1, 0.15) is 0 Å². The Morgan fingerprint density at radius 2 is 1.77 bits per heavy atom. The minimum absolute atomic E-state index is 0.00182. The standard InChI is InChI=1S/C24H28N4O2/c1-4-28(5-2)15-22-26-27-24(30-22)18-10-8-17(9-11-18)21-14-19(7-6-16(21)3)23(29)25-20-12-13-20/h6-11,14,20H,4-5,12-13,15H2,1-3H3,(H,25,29). The first-order valence-corrected chi connectivity index (χ1v) is 10.6. The van der Waals surface area contributed by atoms with Crippen LogP contribution in [0.15, 0.2) is 46.9 Å². The van der Waals surface area contributed by atoms with Gasteiger partial charge >= 0.3 is 0 Å². The zero-order valence-electron chi connectivity index (χ0n) is 17.8. The number of benzene rings is 2. The van der Waals surface area contributed by atoms with E-state index in [0.717, 1.165) is 48.2 Å². The number of nitrogens with zero attached hydrogens (tertiary/aromatic N) is 3. The molecule has 2 aromatic carbocycles. The second kappa shape index (κ2) is 8.79. The summed E-state index contributed by atoms with van der Waals surface area (Å²) in [6, 6.07) is 14.3. The highest BCUT2D eigenvalue weighted by atomic mass is 16.4. The van der Waals surface area contributed by atoms with Crippen LogP contribution in [0.25, 0.3) is 22.6 Å². The fourth-order valence-corrected chi connectivity index (χ4v) is 3.44. The van der Waals surface area contributed by atoms with E-state index < -0.39 is 0 Å². The molecule has 0 atom stereocenters. The van der Waals surface area contributed by atoms with Crippen molar-refractivity contribution in [2.75, 3.05) is 13.1 Å². The van der Waals surface area contributed by atoms with Crippen LogP contribution in [-0.2, 0) is 6.54 Å². The molecule has 0 unspecified atom stereocenters. The van der Waals surface area contributed by atoms with Crippen LogP contribution in [0, 0.1) is 6.92 Å². The van der Waals surface area contributed by atoms with Gasteiger partial charge in [-0.3, -0.25) is 9.69 Å². The van der Waals surface area contributed by atoms with Crippen LogP contribution in [0.2, 0.25) is 0 Å². The van der Waals surface area contributed by atoms with Gasteiger partial charge in [0.2, 0.25) is 11.8 Å². The third-order valence-corrected chi connectivity index (χ3v) is 5.58. The minimum atomic E-state index is 0.00182. The molecule has 1 N–H and O–H groups in total. The average molecular weight is 405 g/mol. The maximum Gasteiger partial charge on any atom is 0.251 e. The van der Waals surface area contributed by atoms with E-state index in [0.29, 0.717) is 29.9 Å². The van der Waals surface area contributed by atoms with Gasteiger partial charge in [-0.15, -0.1) is 10.2 Å². The first-order chi connectivity index (χ1) is 14.6. The summed E-state index contributed by atoms with van der Waals surface area (Å²) in [5.74, 6) is 1.16. The van der Waals surface area contributed by atoms with Gasteiger partial charge in [-0.2, -0.15) is 0 Å². The van der Waals surface area contributed by atoms with Crippen molar-refractivity contribution in [3.05, 3.63) is 59.5 Å². The molecular weight excluding hydrogens is 376 g/mol. The minimum Gasteiger partial charge on any atom is -0.419 e. The second-order valence-electron chi connectivity index (χ2n) is 7.82. The molecular formula is C24H28N4O2. The summed E-state index contributed by atoms with van der Waals surface area (Å²) in [6.07, 6.45) is 2.16. The van der Waals surface area contributed by atoms with Crippen molar-refractivity contribution in [3.63, 3.8) is 0 Å². The van der Waals surface area contributed by atoms with Crippen molar-refractivity contribution in [2.24, 2.45) is 0 Å². The molecule has 1 fully saturated rings. The highest BCUT2D eigenvalue weighted by molar-refractivity contribution is 5.96. The summed E-state index contributed by atoms with van der Waals surface area (Å²) < 4.78 is 5.85. The Balaban J connectivity index is 1.52. The van der Waals surface area contributed by atoms with Gasteiger partial charge in [0, 0.05) is 17.2 Å². The number of hydrogen-bond acceptors (Lipinski definition) is 5. The maximum atomic E-state index is 12.4. The van der Waals surface area contributed by atoms with Crippen molar-refractivity contribution in [2.45, 2.75) is 46.2 Å². The van der Waals surface area contributed by atoms with Crippen LogP contribution < -0.4 is 5.32 Å².